The molecular weight excluding hydrogens is 248 g/mol. The average Bonchev–Trinajstić information content (AvgIpc) is 2.46. The van der Waals surface area contributed by atoms with Crippen molar-refractivity contribution in [3.05, 3.63) is 30.5 Å². The Bertz CT molecular complexity index is 581. The van der Waals surface area contributed by atoms with Gasteiger partial charge < -0.3 is 10.2 Å². The smallest absolute Gasteiger partial charge is 0.147 e. The molecule has 4 nitrogen and oxygen atoms in total. The lowest BCUT2D eigenvalue weighted by Gasteiger charge is -2.35. The van der Waals surface area contributed by atoms with Gasteiger partial charge in [0.25, 0.3) is 0 Å². The number of para-hydroxylation sites is 2. The summed E-state index contributed by atoms with van der Waals surface area (Å²) in [5.41, 5.74) is 1.94. The van der Waals surface area contributed by atoms with Gasteiger partial charge in [0.1, 0.15) is 5.82 Å². The molecule has 1 fully saturated rings. The second kappa shape index (κ2) is 5.75. The monoisotopic (exact) mass is 270 g/mol. The fraction of sp³-hybridized carbons (Fsp3) is 0.500. The van der Waals surface area contributed by atoms with E-state index in [0.29, 0.717) is 6.04 Å². The van der Waals surface area contributed by atoms with Gasteiger partial charge in [-0.05, 0) is 24.5 Å². The molecule has 1 aromatic heterocycles. The predicted molar refractivity (Wildman–Crippen MR) is 83.0 cm³/mol. The lowest BCUT2D eigenvalue weighted by Crippen LogP contribution is -2.51. The quantitative estimate of drug-likeness (QED) is 0.930. The summed E-state index contributed by atoms with van der Waals surface area (Å²) in [7, 11) is 0. The largest absolute Gasteiger partial charge is 0.352 e. The standard InChI is InChI=1S/C16H22N4/c1-12(2)9-13-11-20(8-7-17-13)16-10-18-14-5-3-4-6-15(14)19-16/h3-6,10,12-13,17H,7-9,11H2,1-2H3/t13-/m0/s1. The van der Waals surface area contributed by atoms with Crippen LogP contribution in [0.25, 0.3) is 11.0 Å². The molecule has 1 N–H and O–H groups in total. The van der Waals surface area contributed by atoms with Crippen LogP contribution >= 0.6 is 0 Å². The van der Waals surface area contributed by atoms with Crippen LogP contribution in [0.15, 0.2) is 30.5 Å². The van der Waals surface area contributed by atoms with Crippen LogP contribution in [0.3, 0.4) is 0 Å². The van der Waals surface area contributed by atoms with Crippen LogP contribution in [0.1, 0.15) is 20.3 Å². The Kier molecular flexibility index (Phi) is 3.83. The topological polar surface area (TPSA) is 41.1 Å². The summed E-state index contributed by atoms with van der Waals surface area (Å²) in [6.07, 6.45) is 3.11. The van der Waals surface area contributed by atoms with Crippen LogP contribution in [0.5, 0.6) is 0 Å². The Balaban J connectivity index is 1.79. The van der Waals surface area contributed by atoms with Gasteiger partial charge in [-0.3, -0.25) is 4.98 Å². The molecule has 0 radical (unpaired) electrons. The molecule has 20 heavy (non-hydrogen) atoms. The van der Waals surface area contributed by atoms with Crippen molar-refractivity contribution in [1.29, 1.82) is 0 Å². The van der Waals surface area contributed by atoms with Crippen molar-refractivity contribution in [2.75, 3.05) is 24.5 Å². The van der Waals surface area contributed by atoms with E-state index in [1.807, 2.05) is 30.5 Å². The Morgan fingerprint density at radius 3 is 2.90 bits per heavy atom. The van der Waals surface area contributed by atoms with E-state index in [0.717, 1.165) is 42.4 Å². The van der Waals surface area contributed by atoms with Crippen molar-refractivity contribution in [2.45, 2.75) is 26.3 Å². The van der Waals surface area contributed by atoms with Crippen LogP contribution in [0.4, 0.5) is 5.82 Å². The maximum atomic E-state index is 4.75. The van der Waals surface area contributed by atoms with E-state index in [2.05, 4.69) is 29.0 Å². The molecule has 1 aliphatic rings. The Morgan fingerprint density at radius 1 is 1.30 bits per heavy atom. The summed E-state index contributed by atoms with van der Waals surface area (Å²) in [4.78, 5) is 11.6. The molecule has 4 heteroatoms. The number of anilines is 1. The number of nitrogens with one attached hydrogen (secondary N) is 1. The highest BCUT2D eigenvalue weighted by Gasteiger charge is 2.21. The number of rotatable bonds is 3. The minimum absolute atomic E-state index is 0.553. The molecular formula is C16H22N4. The molecule has 1 saturated heterocycles. The van der Waals surface area contributed by atoms with E-state index in [1.54, 1.807) is 0 Å². The highest BCUT2D eigenvalue weighted by Crippen LogP contribution is 2.18. The van der Waals surface area contributed by atoms with E-state index in [-0.39, 0.29) is 0 Å². The van der Waals surface area contributed by atoms with E-state index >= 15 is 0 Å². The summed E-state index contributed by atoms with van der Waals surface area (Å²) in [5.74, 6) is 1.72. The summed E-state index contributed by atoms with van der Waals surface area (Å²) in [6, 6.07) is 8.60. The third-order valence-corrected chi connectivity index (χ3v) is 3.77. The average molecular weight is 270 g/mol. The first-order valence-corrected chi connectivity index (χ1v) is 7.42. The fourth-order valence-corrected chi connectivity index (χ4v) is 2.86. The van der Waals surface area contributed by atoms with E-state index in [9.17, 15) is 0 Å². The van der Waals surface area contributed by atoms with Crippen LogP contribution in [0.2, 0.25) is 0 Å². The van der Waals surface area contributed by atoms with Crippen molar-refractivity contribution in [3.8, 4) is 0 Å². The second-order valence-corrected chi connectivity index (χ2v) is 5.94. The maximum Gasteiger partial charge on any atom is 0.147 e. The van der Waals surface area contributed by atoms with Gasteiger partial charge in [0.15, 0.2) is 0 Å². The summed E-state index contributed by atoms with van der Waals surface area (Å²) in [6.45, 7) is 7.59. The molecule has 0 aliphatic carbocycles. The summed E-state index contributed by atoms with van der Waals surface area (Å²) >= 11 is 0. The molecule has 1 aromatic carbocycles. The predicted octanol–water partition coefficient (Wildman–Crippen LogP) is 2.45. The van der Waals surface area contributed by atoms with E-state index < -0.39 is 0 Å². The van der Waals surface area contributed by atoms with Crippen molar-refractivity contribution in [1.82, 2.24) is 15.3 Å². The highest BCUT2D eigenvalue weighted by molar-refractivity contribution is 5.75. The van der Waals surface area contributed by atoms with Crippen LogP contribution in [-0.4, -0.2) is 35.6 Å². The van der Waals surface area contributed by atoms with Gasteiger partial charge in [-0.2, -0.15) is 0 Å². The van der Waals surface area contributed by atoms with Crippen molar-refractivity contribution < 1.29 is 0 Å². The number of fused-ring (bicyclic) bond motifs is 1. The molecule has 106 valence electrons. The normalized spacial score (nSPS) is 19.8. The summed E-state index contributed by atoms with van der Waals surface area (Å²) in [5, 5.41) is 3.60. The van der Waals surface area contributed by atoms with Crippen molar-refractivity contribution in [2.24, 2.45) is 5.92 Å². The van der Waals surface area contributed by atoms with Crippen LogP contribution in [-0.2, 0) is 0 Å². The maximum absolute atomic E-state index is 4.75. The number of hydrogen-bond acceptors (Lipinski definition) is 4. The number of hydrogen-bond donors (Lipinski definition) is 1. The first-order chi connectivity index (χ1) is 9.72. The summed E-state index contributed by atoms with van der Waals surface area (Å²) < 4.78 is 0. The molecule has 2 aromatic rings. The van der Waals surface area contributed by atoms with E-state index in [4.69, 9.17) is 4.98 Å². The first-order valence-electron chi connectivity index (χ1n) is 7.42. The molecule has 0 unspecified atom stereocenters. The molecule has 1 aliphatic heterocycles. The molecule has 0 bridgehead atoms. The van der Waals surface area contributed by atoms with Gasteiger partial charge in [-0.25, -0.2) is 4.98 Å². The molecule has 1 atom stereocenters. The molecule has 0 spiro atoms. The van der Waals surface area contributed by atoms with Gasteiger partial charge in [0.2, 0.25) is 0 Å². The lowest BCUT2D eigenvalue weighted by molar-refractivity contribution is 0.387. The van der Waals surface area contributed by atoms with Gasteiger partial charge in [-0.15, -0.1) is 0 Å². The SMILES string of the molecule is CC(C)C[C@H]1CN(c2cnc3ccccc3n2)CCN1. The highest BCUT2D eigenvalue weighted by atomic mass is 15.2. The van der Waals surface area contributed by atoms with Gasteiger partial charge in [0, 0.05) is 25.7 Å². The fourth-order valence-electron chi connectivity index (χ4n) is 2.86. The number of benzene rings is 1. The second-order valence-electron chi connectivity index (χ2n) is 5.94. The molecule has 3 rings (SSSR count). The third kappa shape index (κ3) is 2.90. The zero-order chi connectivity index (χ0) is 13.9. The van der Waals surface area contributed by atoms with Crippen LogP contribution in [0, 0.1) is 5.92 Å². The molecule has 0 amide bonds. The van der Waals surface area contributed by atoms with Crippen molar-refractivity contribution >= 4 is 16.9 Å². The zero-order valence-corrected chi connectivity index (χ0v) is 12.2. The van der Waals surface area contributed by atoms with Crippen molar-refractivity contribution in [3.63, 3.8) is 0 Å². The number of nitrogens with zero attached hydrogens (tertiary/aromatic N) is 3. The minimum Gasteiger partial charge on any atom is -0.352 e. The Labute approximate surface area is 120 Å². The first kappa shape index (κ1) is 13.3. The van der Waals surface area contributed by atoms with Gasteiger partial charge in [-0.1, -0.05) is 26.0 Å². The molecule has 2 heterocycles. The van der Waals surface area contributed by atoms with Crippen LogP contribution < -0.4 is 10.2 Å². The Hall–Kier alpha value is -1.68. The van der Waals surface area contributed by atoms with Gasteiger partial charge >= 0.3 is 0 Å². The minimum atomic E-state index is 0.553. The van der Waals surface area contributed by atoms with E-state index in [1.165, 1.54) is 6.42 Å². The number of aromatic nitrogens is 2. The zero-order valence-electron chi connectivity index (χ0n) is 12.2. The lowest BCUT2D eigenvalue weighted by atomic mass is 10.0. The third-order valence-electron chi connectivity index (χ3n) is 3.77. The van der Waals surface area contributed by atoms with Gasteiger partial charge in [0.05, 0.1) is 17.2 Å². The number of piperazine rings is 1. The Morgan fingerprint density at radius 2 is 2.10 bits per heavy atom. The molecule has 0 saturated carbocycles.